The smallest absolute Gasteiger partial charge is 0.747 e. The number of unbranched alkanes of at least 4 members (excludes halogenated alkanes) is 9. The van der Waals surface area contributed by atoms with Gasteiger partial charge >= 0.3 is 51.4 Å². The van der Waals surface area contributed by atoms with E-state index in [4.69, 9.17) is 0 Å². The van der Waals surface area contributed by atoms with Crippen LogP contribution in [0.25, 0.3) is 0 Å². The van der Waals surface area contributed by atoms with E-state index in [0.29, 0.717) is 19.3 Å². The molecule has 0 spiro atoms. The summed E-state index contributed by atoms with van der Waals surface area (Å²) in [6, 6.07) is 0. The molecule has 0 fully saturated rings. The van der Waals surface area contributed by atoms with E-state index in [9.17, 15) is 22.9 Å². The van der Waals surface area contributed by atoms with Gasteiger partial charge in [-0.15, -0.1) is 0 Å². The maximum Gasteiger partial charge on any atom is 1.00 e. The van der Waals surface area contributed by atoms with Crippen LogP contribution >= 0.6 is 0 Å². The Labute approximate surface area is 196 Å². The summed E-state index contributed by atoms with van der Waals surface area (Å²) in [6.07, 6.45) is 14.1. The Morgan fingerprint density at radius 2 is 1.52 bits per heavy atom. The van der Waals surface area contributed by atoms with Gasteiger partial charge in [-0.05, 0) is 32.1 Å². The van der Waals surface area contributed by atoms with Crippen molar-refractivity contribution in [2.75, 3.05) is 0 Å². The molecule has 0 aromatic rings. The normalized spacial score (nSPS) is 12.9. The minimum Gasteiger partial charge on any atom is -0.747 e. The molecule has 0 saturated carbocycles. The summed E-state index contributed by atoms with van der Waals surface area (Å²) in [5, 5.41) is 9.33. The number of carbonyl (C=O) groups excluding carboxylic acids is 1. The topological polar surface area (TPSA) is 97.3 Å². The molecule has 0 aliphatic heterocycles. The Morgan fingerprint density at radius 1 is 0.960 bits per heavy atom. The molecule has 142 valence electrons. The second kappa shape index (κ2) is 18.1. The SMILES string of the molecule is CCCCCCC/C=C/C(CCCCCCCC(=O)[O-])S(=O)(=O)[O-].[K+]. The van der Waals surface area contributed by atoms with Gasteiger partial charge in [0, 0.05) is 5.97 Å². The van der Waals surface area contributed by atoms with E-state index >= 15 is 0 Å². The van der Waals surface area contributed by atoms with Crippen LogP contribution in [-0.4, -0.2) is 24.2 Å². The molecule has 1 atom stereocenters. The largest absolute Gasteiger partial charge is 1.00 e. The van der Waals surface area contributed by atoms with Crippen LogP contribution in [0, 0.1) is 0 Å². The van der Waals surface area contributed by atoms with E-state index in [0.717, 1.165) is 38.5 Å². The minimum atomic E-state index is -4.30. The molecule has 7 heteroatoms. The Kier molecular flexibility index (Phi) is 20.3. The number of rotatable bonds is 16. The third-order valence-electron chi connectivity index (χ3n) is 4.07. The van der Waals surface area contributed by atoms with Crippen LogP contribution in [-0.2, 0) is 14.9 Å². The van der Waals surface area contributed by atoms with Gasteiger partial charge in [0.25, 0.3) is 0 Å². The van der Waals surface area contributed by atoms with Crippen LogP contribution < -0.4 is 56.5 Å². The molecular weight excluding hydrogens is 367 g/mol. The maximum atomic E-state index is 11.3. The van der Waals surface area contributed by atoms with Crippen molar-refractivity contribution in [3.63, 3.8) is 0 Å². The Morgan fingerprint density at radius 3 is 2.12 bits per heavy atom. The summed E-state index contributed by atoms with van der Waals surface area (Å²) >= 11 is 0. The molecule has 0 heterocycles. The van der Waals surface area contributed by atoms with E-state index in [-0.39, 0.29) is 57.8 Å². The molecule has 0 rings (SSSR count). The van der Waals surface area contributed by atoms with Crippen molar-refractivity contribution in [1.29, 1.82) is 0 Å². The van der Waals surface area contributed by atoms with Crippen LogP contribution in [0.2, 0.25) is 0 Å². The predicted molar refractivity (Wildman–Crippen MR) is 93.3 cm³/mol. The average molecular weight is 400 g/mol. The first-order chi connectivity index (χ1) is 11.4. The molecule has 5 nitrogen and oxygen atoms in total. The van der Waals surface area contributed by atoms with E-state index in [1.807, 2.05) is 6.08 Å². The number of hydrogen-bond donors (Lipinski definition) is 0. The predicted octanol–water partition coefficient (Wildman–Crippen LogP) is 0.302. The molecule has 0 saturated heterocycles. The number of carboxylic acids is 1. The third kappa shape index (κ3) is 19.3. The molecule has 0 aromatic carbocycles. The van der Waals surface area contributed by atoms with Crippen LogP contribution in [0.15, 0.2) is 12.2 Å². The Balaban J connectivity index is 0. The Bertz CT molecular complexity index is 448. The van der Waals surface area contributed by atoms with Crippen LogP contribution in [0.3, 0.4) is 0 Å². The van der Waals surface area contributed by atoms with Crippen LogP contribution in [0.5, 0.6) is 0 Å². The number of allylic oxidation sites excluding steroid dienone is 1. The summed E-state index contributed by atoms with van der Waals surface area (Å²) in [7, 11) is -4.30. The number of carbonyl (C=O) groups is 1. The zero-order valence-corrected chi connectivity index (χ0v) is 19.8. The van der Waals surface area contributed by atoms with Gasteiger partial charge in [0.1, 0.15) is 10.1 Å². The van der Waals surface area contributed by atoms with Gasteiger partial charge in [-0.2, -0.15) is 0 Å². The summed E-state index contributed by atoms with van der Waals surface area (Å²) in [4.78, 5) is 10.3. The van der Waals surface area contributed by atoms with Gasteiger partial charge in [0.2, 0.25) is 0 Å². The number of carboxylic acid groups (broad SMARTS) is 1. The third-order valence-corrected chi connectivity index (χ3v) is 5.20. The first-order valence-electron chi connectivity index (χ1n) is 9.19. The second-order valence-corrected chi connectivity index (χ2v) is 7.93. The van der Waals surface area contributed by atoms with Crippen molar-refractivity contribution in [3.8, 4) is 0 Å². The molecule has 0 bridgehead atoms. The second-order valence-electron chi connectivity index (χ2n) is 6.34. The van der Waals surface area contributed by atoms with Crippen molar-refractivity contribution in [2.45, 2.75) is 95.6 Å². The number of aliphatic carboxylic acids is 1. The fraction of sp³-hybridized carbons (Fsp3) is 0.833. The monoisotopic (exact) mass is 399 g/mol. The van der Waals surface area contributed by atoms with Crippen LogP contribution in [0.4, 0.5) is 0 Å². The molecule has 0 radical (unpaired) electrons. The maximum absolute atomic E-state index is 11.3. The fourth-order valence-corrected chi connectivity index (χ4v) is 3.35. The molecule has 0 aliphatic rings. The summed E-state index contributed by atoms with van der Waals surface area (Å²) < 4.78 is 33.9. The van der Waals surface area contributed by atoms with E-state index in [1.54, 1.807) is 6.08 Å². The molecular formula is C18H32KO5S-. The van der Waals surface area contributed by atoms with Gasteiger partial charge in [-0.3, -0.25) is 0 Å². The first kappa shape index (κ1) is 28.0. The van der Waals surface area contributed by atoms with Gasteiger partial charge < -0.3 is 14.5 Å². The summed E-state index contributed by atoms with van der Waals surface area (Å²) in [5.41, 5.74) is 0. The first-order valence-corrected chi connectivity index (χ1v) is 10.7. The quantitative estimate of drug-likeness (QED) is 0.161. The van der Waals surface area contributed by atoms with E-state index in [1.165, 1.54) is 19.3 Å². The summed E-state index contributed by atoms with van der Waals surface area (Å²) in [5.74, 6) is -1.03. The van der Waals surface area contributed by atoms with Gasteiger partial charge in [-0.25, -0.2) is 8.42 Å². The van der Waals surface area contributed by atoms with Crippen LogP contribution in [0.1, 0.15) is 90.4 Å². The molecule has 0 aromatic heterocycles. The molecule has 1 unspecified atom stereocenters. The molecule has 25 heavy (non-hydrogen) atoms. The van der Waals surface area contributed by atoms with Crippen molar-refractivity contribution < 1.29 is 74.3 Å². The van der Waals surface area contributed by atoms with Crippen molar-refractivity contribution in [2.24, 2.45) is 0 Å². The number of hydrogen-bond acceptors (Lipinski definition) is 5. The van der Waals surface area contributed by atoms with Crippen molar-refractivity contribution >= 4 is 16.1 Å². The fourth-order valence-electron chi connectivity index (χ4n) is 2.60. The average Bonchev–Trinajstić information content (AvgIpc) is 2.49. The standard InChI is InChI=1S/C18H34O5S.K/c1-2-3-4-5-6-8-11-14-17(24(21,22)23)15-12-9-7-10-13-16-18(19)20;/h11,14,17H,2-10,12-13,15-16H2,1H3,(H,19,20)(H,21,22,23);/q;+1/p-2/b14-11+;. The zero-order chi connectivity index (χ0) is 18.3. The minimum absolute atomic E-state index is 0. The van der Waals surface area contributed by atoms with Gasteiger partial charge in [-0.1, -0.05) is 70.4 Å². The molecule has 0 N–H and O–H groups in total. The van der Waals surface area contributed by atoms with Gasteiger partial charge in [0.15, 0.2) is 0 Å². The molecule has 0 aliphatic carbocycles. The zero-order valence-electron chi connectivity index (χ0n) is 15.9. The Hall–Kier alpha value is 0.756. The molecule has 0 amide bonds. The van der Waals surface area contributed by atoms with Crippen molar-refractivity contribution in [1.82, 2.24) is 0 Å². The van der Waals surface area contributed by atoms with Gasteiger partial charge in [0.05, 0.1) is 5.25 Å². The van der Waals surface area contributed by atoms with E-state index in [2.05, 4.69) is 6.92 Å². The van der Waals surface area contributed by atoms with Crippen molar-refractivity contribution in [3.05, 3.63) is 12.2 Å². The summed E-state index contributed by atoms with van der Waals surface area (Å²) in [6.45, 7) is 2.16. The van der Waals surface area contributed by atoms with E-state index < -0.39 is 21.3 Å².